The molecular formula is C10H17N3O2. The van der Waals surface area contributed by atoms with E-state index in [0.717, 1.165) is 0 Å². The van der Waals surface area contributed by atoms with E-state index in [0.29, 0.717) is 23.8 Å². The van der Waals surface area contributed by atoms with Crippen LogP contribution >= 0.6 is 0 Å². The Labute approximate surface area is 90.0 Å². The van der Waals surface area contributed by atoms with Gasteiger partial charge in [-0.15, -0.1) is 0 Å². The van der Waals surface area contributed by atoms with Crippen LogP contribution in [0.3, 0.4) is 0 Å². The first-order chi connectivity index (χ1) is 7.08. The summed E-state index contributed by atoms with van der Waals surface area (Å²) in [6, 6.07) is 1.97. The van der Waals surface area contributed by atoms with Crippen LogP contribution in [-0.2, 0) is 0 Å². The number of aromatic nitrogens is 2. The largest absolute Gasteiger partial charge is 0.481 e. The van der Waals surface area contributed by atoms with Crippen LogP contribution in [0.5, 0.6) is 11.8 Å². The first kappa shape index (κ1) is 11.6. The minimum atomic E-state index is 0.321. The molecule has 0 aromatic carbocycles. The van der Waals surface area contributed by atoms with Gasteiger partial charge in [0.2, 0.25) is 17.7 Å². The van der Waals surface area contributed by atoms with Crippen molar-refractivity contribution in [2.45, 2.75) is 19.9 Å². The minimum absolute atomic E-state index is 0.321. The van der Waals surface area contributed by atoms with Gasteiger partial charge in [0.15, 0.2) is 0 Å². The lowest BCUT2D eigenvalue weighted by Crippen LogP contribution is -2.27. The molecule has 1 heterocycles. The maximum Gasteiger partial charge on any atom is 0.231 e. The van der Waals surface area contributed by atoms with Crippen LogP contribution in [0, 0.1) is 0 Å². The smallest absolute Gasteiger partial charge is 0.231 e. The maximum atomic E-state index is 5.07. The number of rotatable bonds is 4. The number of ether oxygens (including phenoxy) is 2. The fraction of sp³-hybridized carbons (Fsp3) is 0.600. The zero-order chi connectivity index (χ0) is 11.4. The molecule has 0 bridgehead atoms. The van der Waals surface area contributed by atoms with Gasteiger partial charge in [-0.25, -0.2) is 0 Å². The number of methoxy groups -OCH3 is 2. The van der Waals surface area contributed by atoms with Gasteiger partial charge in [0.1, 0.15) is 0 Å². The fourth-order valence-electron chi connectivity index (χ4n) is 0.990. The standard InChI is InChI=1S/C10H17N3O2/c1-7(2)13(3)10-11-8(14-4)6-9(12-10)15-5/h6-7H,1-5H3. The lowest BCUT2D eigenvalue weighted by atomic mass is 10.4. The van der Waals surface area contributed by atoms with E-state index in [1.54, 1.807) is 20.3 Å². The Morgan fingerprint density at radius 2 is 1.60 bits per heavy atom. The minimum Gasteiger partial charge on any atom is -0.481 e. The molecule has 1 aromatic rings. The summed E-state index contributed by atoms with van der Waals surface area (Å²) in [5, 5.41) is 0. The average Bonchev–Trinajstić information content (AvgIpc) is 2.27. The number of hydrogen-bond donors (Lipinski definition) is 0. The fourth-order valence-corrected chi connectivity index (χ4v) is 0.990. The second-order valence-corrected chi connectivity index (χ2v) is 3.46. The molecule has 84 valence electrons. The van der Waals surface area contributed by atoms with Crippen molar-refractivity contribution in [1.82, 2.24) is 9.97 Å². The van der Waals surface area contributed by atoms with Crippen molar-refractivity contribution in [3.8, 4) is 11.8 Å². The molecule has 0 fully saturated rings. The summed E-state index contributed by atoms with van der Waals surface area (Å²) in [5.74, 6) is 1.61. The molecule has 15 heavy (non-hydrogen) atoms. The zero-order valence-corrected chi connectivity index (χ0v) is 9.81. The van der Waals surface area contributed by atoms with Gasteiger partial charge in [-0.2, -0.15) is 9.97 Å². The summed E-state index contributed by atoms with van der Waals surface area (Å²) < 4.78 is 10.1. The molecule has 0 aliphatic rings. The van der Waals surface area contributed by atoms with Crippen molar-refractivity contribution in [3.05, 3.63) is 6.07 Å². The normalized spacial score (nSPS) is 10.3. The van der Waals surface area contributed by atoms with Crippen molar-refractivity contribution in [2.75, 3.05) is 26.2 Å². The van der Waals surface area contributed by atoms with E-state index >= 15 is 0 Å². The van der Waals surface area contributed by atoms with Crippen LogP contribution in [0.4, 0.5) is 5.95 Å². The van der Waals surface area contributed by atoms with Crippen LogP contribution in [0.1, 0.15) is 13.8 Å². The second-order valence-electron chi connectivity index (χ2n) is 3.46. The Bertz CT molecular complexity index is 306. The van der Waals surface area contributed by atoms with Crippen LogP contribution in [0.15, 0.2) is 6.07 Å². The Hall–Kier alpha value is -1.52. The highest BCUT2D eigenvalue weighted by molar-refractivity contribution is 5.36. The molecule has 0 aliphatic carbocycles. The molecule has 0 saturated heterocycles. The van der Waals surface area contributed by atoms with Gasteiger partial charge in [-0.05, 0) is 13.8 Å². The molecule has 0 spiro atoms. The van der Waals surface area contributed by atoms with Gasteiger partial charge in [-0.3, -0.25) is 0 Å². The predicted molar refractivity (Wildman–Crippen MR) is 58.7 cm³/mol. The first-order valence-corrected chi connectivity index (χ1v) is 4.78. The molecule has 1 aromatic heterocycles. The van der Waals surface area contributed by atoms with Crippen molar-refractivity contribution in [1.29, 1.82) is 0 Å². The highest BCUT2D eigenvalue weighted by Gasteiger charge is 2.11. The molecule has 0 atom stereocenters. The van der Waals surface area contributed by atoms with E-state index < -0.39 is 0 Å². The topological polar surface area (TPSA) is 47.5 Å². The Morgan fingerprint density at radius 1 is 1.13 bits per heavy atom. The summed E-state index contributed by atoms with van der Waals surface area (Å²) in [4.78, 5) is 10.4. The molecule has 0 aliphatic heterocycles. The van der Waals surface area contributed by atoms with E-state index in [2.05, 4.69) is 23.8 Å². The van der Waals surface area contributed by atoms with Crippen LogP contribution in [-0.4, -0.2) is 37.3 Å². The maximum absolute atomic E-state index is 5.07. The van der Waals surface area contributed by atoms with Crippen molar-refractivity contribution in [2.24, 2.45) is 0 Å². The van der Waals surface area contributed by atoms with Crippen molar-refractivity contribution >= 4 is 5.95 Å². The molecule has 0 saturated carbocycles. The van der Waals surface area contributed by atoms with Gasteiger partial charge in [0.25, 0.3) is 0 Å². The Balaban J connectivity index is 3.06. The summed E-state index contributed by atoms with van der Waals surface area (Å²) in [5.41, 5.74) is 0. The van der Waals surface area contributed by atoms with E-state index in [1.165, 1.54) is 0 Å². The van der Waals surface area contributed by atoms with E-state index in [4.69, 9.17) is 9.47 Å². The molecule has 5 heteroatoms. The third-order valence-corrected chi connectivity index (χ3v) is 2.18. The molecule has 0 N–H and O–H groups in total. The summed E-state index contributed by atoms with van der Waals surface area (Å²) >= 11 is 0. The lowest BCUT2D eigenvalue weighted by molar-refractivity contribution is 0.371. The SMILES string of the molecule is COc1cc(OC)nc(N(C)C(C)C)n1. The lowest BCUT2D eigenvalue weighted by Gasteiger charge is -2.21. The Morgan fingerprint density at radius 3 is 1.93 bits per heavy atom. The molecule has 5 nitrogen and oxygen atoms in total. The molecule has 0 unspecified atom stereocenters. The van der Waals surface area contributed by atoms with Crippen LogP contribution in [0.25, 0.3) is 0 Å². The van der Waals surface area contributed by atoms with Crippen molar-refractivity contribution < 1.29 is 9.47 Å². The van der Waals surface area contributed by atoms with Gasteiger partial charge < -0.3 is 14.4 Å². The molecular weight excluding hydrogens is 194 g/mol. The summed E-state index contributed by atoms with van der Waals surface area (Å²) in [7, 11) is 5.07. The number of anilines is 1. The highest BCUT2D eigenvalue weighted by Crippen LogP contribution is 2.20. The van der Waals surface area contributed by atoms with E-state index in [-0.39, 0.29) is 0 Å². The first-order valence-electron chi connectivity index (χ1n) is 4.78. The van der Waals surface area contributed by atoms with E-state index in [9.17, 15) is 0 Å². The average molecular weight is 211 g/mol. The van der Waals surface area contributed by atoms with E-state index in [1.807, 2.05) is 11.9 Å². The quantitative estimate of drug-likeness (QED) is 0.752. The van der Waals surface area contributed by atoms with Gasteiger partial charge >= 0.3 is 0 Å². The molecule has 0 radical (unpaired) electrons. The highest BCUT2D eigenvalue weighted by atomic mass is 16.5. The van der Waals surface area contributed by atoms with Crippen LogP contribution in [0.2, 0.25) is 0 Å². The van der Waals surface area contributed by atoms with Crippen molar-refractivity contribution in [3.63, 3.8) is 0 Å². The summed E-state index contributed by atoms with van der Waals surface area (Å²) in [6.45, 7) is 4.13. The molecule has 0 amide bonds. The summed E-state index contributed by atoms with van der Waals surface area (Å²) in [6.07, 6.45) is 0. The molecule has 1 rings (SSSR count). The Kier molecular flexibility index (Phi) is 3.71. The second kappa shape index (κ2) is 4.82. The van der Waals surface area contributed by atoms with Crippen LogP contribution < -0.4 is 14.4 Å². The predicted octanol–water partition coefficient (Wildman–Crippen LogP) is 1.34. The number of hydrogen-bond acceptors (Lipinski definition) is 5. The zero-order valence-electron chi connectivity index (χ0n) is 9.81. The van der Waals surface area contributed by atoms with Gasteiger partial charge in [0, 0.05) is 13.1 Å². The monoisotopic (exact) mass is 211 g/mol. The van der Waals surface area contributed by atoms with Gasteiger partial charge in [-0.1, -0.05) is 0 Å². The third-order valence-electron chi connectivity index (χ3n) is 2.18. The van der Waals surface area contributed by atoms with Gasteiger partial charge in [0.05, 0.1) is 20.3 Å². The third kappa shape index (κ3) is 2.71. The number of nitrogens with zero attached hydrogens (tertiary/aromatic N) is 3.